The van der Waals surface area contributed by atoms with Crippen LogP contribution in [0, 0.1) is 6.57 Å². The van der Waals surface area contributed by atoms with E-state index in [-0.39, 0.29) is 0 Å². The first-order valence-electron chi connectivity index (χ1n) is 5.60. The minimum absolute atomic E-state index is 0.706. The molecule has 0 saturated carbocycles. The summed E-state index contributed by atoms with van der Waals surface area (Å²) >= 11 is 0. The number of hydrogen-bond donors (Lipinski definition) is 1. The van der Waals surface area contributed by atoms with Crippen molar-refractivity contribution in [1.29, 1.82) is 0 Å². The number of H-pyrrole nitrogens is 1. The van der Waals surface area contributed by atoms with Crippen LogP contribution in [-0.2, 0) is 13.0 Å². The van der Waals surface area contributed by atoms with E-state index in [9.17, 15) is 0 Å². The number of benzene rings is 1. The van der Waals surface area contributed by atoms with Crippen LogP contribution in [0.3, 0.4) is 0 Å². The van der Waals surface area contributed by atoms with E-state index in [0.717, 1.165) is 25.2 Å². The average Bonchev–Trinajstić information content (AvgIpc) is 2.99. The number of rotatable bonds is 2. The Morgan fingerprint density at radius 3 is 3.18 bits per heavy atom. The molecule has 1 aromatic heterocycles. The number of fused-ring (bicyclic) bond motifs is 1. The third-order valence-corrected chi connectivity index (χ3v) is 3.10. The Morgan fingerprint density at radius 2 is 2.41 bits per heavy atom. The van der Waals surface area contributed by atoms with Crippen molar-refractivity contribution in [1.82, 2.24) is 9.97 Å². The molecule has 0 bridgehead atoms. The zero-order valence-corrected chi connectivity index (χ0v) is 9.35. The van der Waals surface area contributed by atoms with E-state index in [4.69, 9.17) is 6.57 Å². The van der Waals surface area contributed by atoms with Crippen molar-refractivity contribution in [2.24, 2.45) is 0 Å². The van der Waals surface area contributed by atoms with Crippen LogP contribution in [0.1, 0.15) is 11.3 Å². The molecule has 3 rings (SSSR count). The summed E-state index contributed by atoms with van der Waals surface area (Å²) in [5.74, 6) is 0. The number of aromatic amines is 1. The van der Waals surface area contributed by atoms with Gasteiger partial charge in [-0.1, -0.05) is 12.1 Å². The number of nitrogens with one attached hydrogen (secondary N) is 1. The third-order valence-electron chi connectivity index (χ3n) is 3.10. The quantitative estimate of drug-likeness (QED) is 0.796. The number of aromatic nitrogens is 2. The predicted octanol–water partition coefficient (Wildman–Crippen LogP) is 2.52. The minimum Gasteiger partial charge on any atom is -0.366 e. The molecule has 4 heteroatoms. The summed E-state index contributed by atoms with van der Waals surface area (Å²) in [5, 5.41) is 0. The van der Waals surface area contributed by atoms with Gasteiger partial charge in [0.05, 0.1) is 25.1 Å². The largest absolute Gasteiger partial charge is 0.366 e. The molecule has 4 nitrogen and oxygen atoms in total. The second-order valence-electron chi connectivity index (χ2n) is 4.16. The maximum atomic E-state index is 7.06. The highest BCUT2D eigenvalue weighted by molar-refractivity contribution is 5.65. The molecule has 1 aliphatic rings. The lowest BCUT2D eigenvalue weighted by molar-refractivity contribution is 0.819. The molecular formula is C13H12N4. The van der Waals surface area contributed by atoms with Gasteiger partial charge in [-0.2, -0.15) is 0 Å². The molecule has 0 saturated heterocycles. The molecule has 1 aromatic carbocycles. The monoisotopic (exact) mass is 224 g/mol. The van der Waals surface area contributed by atoms with Gasteiger partial charge in [-0.3, -0.25) is 0 Å². The highest BCUT2D eigenvalue weighted by Crippen LogP contribution is 2.32. The lowest BCUT2D eigenvalue weighted by Crippen LogP contribution is -2.19. The zero-order chi connectivity index (χ0) is 11.7. The summed E-state index contributed by atoms with van der Waals surface area (Å²) in [5.41, 5.74) is 4.25. The maximum absolute atomic E-state index is 7.06. The van der Waals surface area contributed by atoms with E-state index in [1.807, 2.05) is 18.3 Å². The molecule has 84 valence electrons. The molecular weight excluding hydrogens is 212 g/mol. The molecule has 0 aliphatic carbocycles. The van der Waals surface area contributed by atoms with Crippen LogP contribution >= 0.6 is 0 Å². The van der Waals surface area contributed by atoms with Gasteiger partial charge >= 0.3 is 0 Å². The first-order chi connectivity index (χ1) is 8.36. The predicted molar refractivity (Wildman–Crippen MR) is 66.0 cm³/mol. The standard InChI is InChI=1S/C13H12N4/c1-14-11-3-2-10-4-5-17(13(10)6-11)8-12-7-15-9-16-12/h2-3,6-7,9H,4-5,8H2,(H,15,16). The molecule has 1 N–H and O–H groups in total. The summed E-state index contributed by atoms with van der Waals surface area (Å²) in [4.78, 5) is 13.0. The Kier molecular flexibility index (Phi) is 2.30. The maximum Gasteiger partial charge on any atom is 0.189 e. The molecule has 0 fully saturated rings. The summed E-state index contributed by atoms with van der Waals surface area (Å²) in [6.07, 6.45) is 4.66. The molecule has 0 radical (unpaired) electrons. The smallest absolute Gasteiger partial charge is 0.189 e. The van der Waals surface area contributed by atoms with Crippen molar-refractivity contribution in [3.63, 3.8) is 0 Å². The number of nitrogens with zero attached hydrogens (tertiary/aromatic N) is 3. The lowest BCUT2D eigenvalue weighted by atomic mass is 10.1. The van der Waals surface area contributed by atoms with E-state index in [0.29, 0.717) is 5.69 Å². The molecule has 17 heavy (non-hydrogen) atoms. The third kappa shape index (κ3) is 1.76. The minimum atomic E-state index is 0.706. The molecule has 0 spiro atoms. The highest BCUT2D eigenvalue weighted by Gasteiger charge is 2.19. The first kappa shape index (κ1) is 9.91. The van der Waals surface area contributed by atoms with Gasteiger partial charge in [0.25, 0.3) is 0 Å². The van der Waals surface area contributed by atoms with Crippen molar-refractivity contribution in [3.8, 4) is 0 Å². The fourth-order valence-corrected chi connectivity index (χ4v) is 2.24. The second-order valence-corrected chi connectivity index (χ2v) is 4.16. The molecule has 2 heterocycles. The van der Waals surface area contributed by atoms with Crippen molar-refractivity contribution in [2.75, 3.05) is 11.4 Å². The first-order valence-corrected chi connectivity index (χ1v) is 5.60. The van der Waals surface area contributed by atoms with Crippen molar-refractivity contribution in [3.05, 3.63) is 53.4 Å². The van der Waals surface area contributed by atoms with E-state index in [1.165, 1.54) is 11.3 Å². The molecule has 0 atom stereocenters. The van der Waals surface area contributed by atoms with Crippen LogP contribution in [0.5, 0.6) is 0 Å². The Morgan fingerprint density at radius 1 is 1.47 bits per heavy atom. The molecule has 2 aromatic rings. The second kappa shape index (κ2) is 3.95. The molecule has 1 aliphatic heterocycles. The van der Waals surface area contributed by atoms with Gasteiger partial charge in [0, 0.05) is 18.4 Å². The van der Waals surface area contributed by atoms with E-state index in [1.54, 1.807) is 6.33 Å². The van der Waals surface area contributed by atoms with Crippen LogP contribution in [0.2, 0.25) is 0 Å². The van der Waals surface area contributed by atoms with E-state index >= 15 is 0 Å². The van der Waals surface area contributed by atoms with Crippen molar-refractivity contribution >= 4 is 11.4 Å². The van der Waals surface area contributed by atoms with Crippen LogP contribution in [-0.4, -0.2) is 16.5 Å². The number of anilines is 1. The number of imidazole rings is 1. The van der Waals surface area contributed by atoms with Gasteiger partial charge in [0.15, 0.2) is 5.69 Å². The van der Waals surface area contributed by atoms with Gasteiger partial charge in [0.1, 0.15) is 0 Å². The summed E-state index contributed by atoms with van der Waals surface area (Å²) < 4.78 is 0. The average molecular weight is 224 g/mol. The molecule has 0 unspecified atom stereocenters. The van der Waals surface area contributed by atoms with Crippen molar-refractivity contribution < 1.29 is 0 Å². The molecule has 0 amide bonds. The topological polar surface area (TPSA) is 36.3 Å². The fraction of sp³-hybridized carbons (Fsp3) is 0.231. The SMILES string of the molecule is [C-]#[N+]c1ccc2c(c1)N(Cc1c[nH]cn1)CC2. The van der Waals surface area contributed by atoms with Crippen LogP contribution in [0.4, 0.5) is 11.4 Å². The summed E-state index contributed by atoms with van der Waals surface area (Å²) in [7, 11) is 0. The van der Waals surface area contributed by atoms with E-state index < -0.39 is 0 Å². The van der Waals surface area contributed by atoms with Gasteiger partial charge in [-0.25, -0.2) is 9.83 Å². The number of hydrogen-bond acceptors (Lipinski definition) is 2. The van der Waals surface area contributed by atoms with Crippen molar-refractivity contribution in [2.45, 2.75) is 13.0 Å². The summed E-state index contributed by atoms with van der Waals surface area (Å²) in [6, 6.07) is 5.93. The zero-order valence-electron chi connectivity index (χ0n) is 9.35. The Balaban J connectivity index is 1.90. The normalized spacial score (nSPS) is 13.5. The lowest BCUT2D eigenvalue weighted by Gasteiger charge is -2.18. The van der Waals surface area contributed by atoms with Gasteiger partial charge in [-0.05, 0) is 18.1 Å². The Hall–Kier alpha value is -2.28. The van der Waals surface area contributed by atoms with Crippen LogP contribution in [0.25, 0.3) is 4.85 Å². The summed E-state index contributed by atoms with van der Waals surface area (Å²) in [6.45, 7) is 8.86. The fourth-order valence-electron chi connectivity index (χ4n) is 2.24. The van der Waals surface area contributed by atoms with Gasteiger partial charge in [-0.15, -0.1) is 0 Å². The highest BCUT2D eigenvalue weighted by atomic mass is 15.2. The van der Waals surface area contributed by atoms with Gasteiger partial charge in [0.2, 0.25) is 0 Å². The van der Waals surface area contributed by atoms with E-state index in [2.05, 4.69) is 25.8 Å². The van der Waals surface area contributed by atoms with Gasteiger partial charge < -0.3 is 9.88 Å². The Labute approximate surface area is 99.7 Å². The van der Waals surface area contributed by atoms with Crippen LogP contribution < -0.4 is 4.90 Å². The Bertz CT molecular complexity index is 566. The van der Waals surface area contributed by atoms with Crippen LogP contribution in [0.15, 0.2) is 30.7 Å².